The van der Waals surface area contributed by atoms with Crippen molar-refractivity contribution in [1.82, 2.24) is 10.2 Å². The number of likely N-dealkylation sites (tertiary alicyclic amines) is 1. The number of carbonyl (C=O) groups is 1. The van der Waals surface area contributed by atoms with Crippen molar-refractivity contribution in [3.8, 4) is 0 Å². The molecule has 1 amide bonds. The van der Waals surface area contributed by atoms with Crippen LogP contribution in [0.1, 0.15) is 70.3 Å². The Bertz CT molecular complexity index is 607. The molecule has 1 aliphatic carbocycles. The van der Waals surface area contributed by atoms with Crippen molar-refractivity contribution < 1.29 is 4.79 Å². The van der Waals surface area contributed by atoms with Crippen molar-refractivity contribution in [2.75, 3.05) is 19.6 Å². The first kappa shape index (κ1) is 20.1. The second-order valence-corrected chi connectivity index (χ2v) is 8.63. The van der Waals surface area contributed by atoms with Crippen LogP contribution in [0.5, 0.6) is 0 Å². The van der Waals surface area contributed by atoms with E-state index in [9.17, 15) is 4.79 Å². The minimum atomic E-state index is 0.0318. The van der Waals surface area contributed by atoms with Crippen LogP contribution in [-0.4, -0.2) is 36.5 Å². The van der Waals surface area contributed by atoms with E-state index in [1.54, 1.807) is 0 Å². The summed E-state index contributed by atoms with van der Waals surface area (Å²) in [5.41, 5.74) is 2.59. The van der Waals surface area contributed by atoms with Crippen LogP contribution in [-0.2, 0) is 4.79 Å². The Labute approximate surface area is 165 Å². The zero-order valence-corrected chi connectivity index (χ0v) is 17.1. The number of amides is 1. The number of carbonyl (C=O) groups excluding carboxylic acids is 1. The lowest BCUT2D eigenvalue weighted by atomic mass is 9.83. The molecule has 1 unspecified atom stereocenters. The van der Waals surface area contributed by atoms with Gasteiger partial charge in [-0.15, -0.1) is 0 Å². The summed E-state index contributed by atoms with van der Waals surface area (Å²) in [5, 5.41) is 3.41. The van der Waals surface area contributed by atoms with Crippen molar-refractivity contribution in [1.29, 1.82) is 0 Å². The highest BCUT2D eigenvalue weighted by atomic mass is 16.2. The summed E-state index contributed by atoms with van der Waals surface area (Å²) >= 11 is 0. The second kappa shape index (κ2) is 10.1. The third-order valence-electron chi connectivity index (χ3n) is 6.24. The molecule has 1 atom stereocenters. The number of benzene rings is 1. The maximum absolute atomic E-state index is 13.2. The van der Waals surface area contributed by atoms with Gasteiger partial charge in [0.2, 0.25) is 5.91 Å². The van der Waals surface area contributed by atoms with Gasteiger partial charge < -0.3 is 10.2 Å². The van der Waals surface area contributed by atoms with E-state index in [2.05, 4.69) is 54.4 Å². The maximum Gasteiger partial charge on any atom is 0.228 e. The summed E-state index contributed by atoms with van der Waals surface area (Å²) in [6, 6.07) is 10.8. The number of allylic oxidation sites excluding steroid dienone is 1. The second-order valence-electron chi connectivity index (χ2n) is 8.63. The van der Waals surface area contributed by atoms with Gasteiger partial charge in [0.05, 0.1) is 5.92 Å². The summed E-state index contributed by atoms with van der Waals surface area (Å²) in [4.78, 5) is 15.7. The third-order valence-corrected chi connectivity index (χ3v) is 6.24. The minimum Gasteiger partial charge on any atom is -0.353 e. The van der Waals surface area contributed by atoms with Gasteiger partial charge in [0, 0.05) is 25.7 Å². The Morgan fingerprint density at radius 3 is 2.41 bits per heavy atom. The normalized spacial score (nSPS) is 20.4. The molecule has 1 aliphatic heterocycles. The molecular formula is C24H36N2O. The third kappa shape index (κ3) is 5.93. The van der Waals surface area contributed by atoms with Crippen LogP contribution in [0.4, 0.5) is 0 Å². The Morgan fingerprint density at radius 1 is 1.11 bits per heavy atom. The number of rotatable bonds is 7. The standard InChI is InChI=1S/C24H36N2O/c1-19(2)9-8-16-26-17-14-22(15-18-26)25-24(27)23(21-12-6-7-13-21)20-10-4-3-5-11-20/h3-5,9-11,21-23H,6-8,12-18H2,1-2H3,(H,25,27). The van der Waals surface area contributed by atoms with E-state index in [0.717, 1.165) is 38.9 Å². The fraction of sp³-hybridized carbons (Fsp3) is 0.625. The topological polar surface area (TPSA) is 32.3 Å². The quantitative estimate of drug-likeness (QED) is 0.695. The highest BCUT2D eigenvalue weighted by molar-refractivity contribution is 5.84. The lowest BCUT2D eigenvalue weighted by Crippen LogP contribution is -2.46. The monoisotopic (exact) mass is 368 g/mol. The largest absolute Gasteiger partial charge is 0.353 e. The van der Waals surface area contributed by atoms with Gasteiger partial charge in [-0.05, 0) is 57.4 Å². The molecule has 1 saturated heterocycles. The Hall–Kier alpha value is -1.61. The predicted octanol–water partition coefficient (Wildman–Crippen LogP) is 4.90. The van der Waals surface area contributed by atoms with E-state index in [-0.39, 0.29) is 11.8 Å². The van der Waals surface area contributed by atoms with Gasteiger partial charge >= 0.3 is 0 Å². The summed E-state index contributed by atoms with van der Waals surface area (Å²) in [5.74, 6) is 0.803. The first-order chi connectivity index (χ1) is 13.1. The van der Waals surface area contributed by atoms with E-state index < -0.39 is 0 Å². The molecular weight excluding hydrogens is 332 g/mol. The fourth-order valence-corrected chi connectivity index (χ4v) is 4.72. The lowest BCUT2D eigenvalue weighted by molar-refractivity contribution is -0.124. The molecule has 1 N–H and O–H groups in total. The molecule has 0 radical (unpaired) electrons. The van der Waals surface area contributed by atoms with Gasteiger partial charge in [0.25, 0.3) is 0 Å². The van der Waals surface area contributed by atoms with Gasteiger partial charge in [-0.2, -0.15) is 0 Å². The van der Waals surface area contributed by atoms with Crippen LogP contribution in [0.3, 0.4) is 0 Å². The Balaban J connectivity index is 1.53. The van der Waals surface area contributed by atoms with E-state index in [4.69, 9.17) is 0 Å². The van der Waals surface area contributed by atoms with Crippen molar-refractivity contribution >= 4 is 5.91 Å². The lowest BCUT2D eigenvalue weighted by Gasteiger charge is -2.33. The SMILES string of the molecule is CC(C)=CCCN1CCC(NC(=O)C(c2ccccc2)C2CCCC2)CC1. The number of hydrogen-bond acceptors (Lipinski definition) is 2. The molecule has 1 aromatic rings. The molecule has 0 aromatic heterocycles. The molecule has 1 saturated carbocycles. The van der Waals surface area contributed by atoms with Crippen LogP contribution >= 0.6 is 0 Å². The minimum absolute atomic E-state index is 0.0318. The molecule has 3 heteroatoms. The summed E-state index contributed by atoms with van der Waals surface area (Å²) in [7, 11) is 0. The smallest absolute Gasteiger partial charge is 0.228 e. The summed E-state index contributed by atoms with van der Waals surface area (Å²) in [6.45, 7) is 7.66. The van der Waals surface area contributed by atoms with Crippen molar-refractivity contribution in [3.63, 3.8) is 0 Å². The fourth-order valence-electron chi connectivity index (χ4n) is 4.72. The molecule has 3 rings (SSSR count). The van der Waals surface area contributed by atoms with Crippen LogP contribution in [0.25, 0.3) is 0 Å². The number of piperidine rings is 1. The van der Waals surface area contributed by atoms with Crippen LogP contribution < -0.4 is 5.32 Å². The zero-order valence-electron chi connectivity index (χ0n) is 17.1. The molecule has 0 spiro atoms. The number of hydrogen-bond donors (Lipinski definition) is 1. The first-order valence-electron chi connectivity index (χ1n) is 10.8. The predicted molar refractivity (Wildman–Crippen MR) is 113 cm³/mol. The molecule has 2 aliphatic rings. The highest BCUT2D eigenvalue weighted by Gasteiger charge is 2.33. The van der Waals surface area contributed by atoms with Crippen LogP contribution in [0, 0.1) is 5.92 Å². The molecule has 0 bridgehead atoms. The number of nitrogens with one attached hydrogen (secondary N) is 1. The Morgan fingerprint density at radius 2 is 1.78 bits per heavy atom. The van der Waals surface area contributed by atoms with E-state index in [0.29, 0.717) is 12.0 Å². The molecule has 3 nitrogen and oxygen atoms in total. The summed E-state index contributed by atoms with van der Waals surface area (Å²) in [6.07, 6.45) is 10.5. The van der Waals surface area contributed by atoms with Crippen LogP contribution in [0.2, 0.25) is 0 Å². The van der Waals surface area contributed by atoms with E-state index in [1.807, 2.05) is 6.07 Å². The van der Waals surface area contributed by atoms with Crippen molar-refractivity contribution in [3.05, 3.63) is 47.5 Å². The molecule has 1 heterocycles. The van der Waals surface area contributed by atoms with Crippen LogP contribution in [0.15, 0.2) is 42.0 Å². The van der Waals surface area contributed by atoms with Crippen molar-refractivity contribution in [2.45, 2.75) is 70.8 Å². The molecule has 1 aromatic carbocycles. The molecule has 27 heavy (non-hydrogen) atoms. The maximum atomic E-state index is 13.2. The van der Waals surface area contributed by atoms with E-state index >= 15 is 0 Å². The number of nitrogens with zero attached hydrogens (tertiary/aromatic N) is 1. The van der Waals surface area contributed by atoms with Gasteiger partial charge in [0.15, 0.2) is 0 Å². The zero-order chi connectivity index (χ0) is 19.1. The first-order valence-corrected chi connectivity index (χ1v) is 10.8. The average molecular weight is 369 g/mol. The van der Waals surface area contributed by atoms with Gasteiger partial charge in [-0.25, -0.2) is 0 Å². The highest BCUT2D eigenvalue weighted by Crippen LogP contribution is 2.37. The van der Waals surface area contributed by atoms with Gasteiger partial charge in [-0.3, -0.25) is 4.79 Å². The average Bonchev–Trinajstić information content (AvgIpc) is 3.18. The van der Waals surface area contributed by atoms with Gasteiger partial charge in [-0.1, -0.05) is 54.8 Å². The molecule has 148 valence electrons. The van der Waals surface area contributed by atoms with Crippen molar-refractivity contribution in [2.24, 2.45) is 5.92 Å². The summed E-state index contributed by atoms with van der Waals surface area (Å²) < 4.78 is 0. The van der Waals surface area contributed by atoms with E-state index in [1.165, 1.54) is 36.8 Å². The Kier molecular flexibility index (Phi) is 7.51. The van der Waals surface area contributed by atoms with Gasteiger partial charge in [0.1, 0.15) is 0 Å². The molecule has 2 fully saturated rings.